The zero-order chi connectivity index (χ0) is 23.8. The van der Waals surface area contributed by atoms with Crippen LogP contribution in [0.2, 0.25) is 0 Å². The van der Waals surface area contributed by atoms with Gasteiger partial charge in [-0.15, -0.1) is 0 Å². The molecule has 1 fully saturated rings. The predicted molar refractivity (Wildman–Crippen MR) is 126 cm³/mol. The number of hydrogen-bond acceptors (Lipinski definition) is 6. The van der Waals surface area contributed by atoms with Crippen LogP contribution in [-0.2, 0) is 22.5 Å². The van der Waals surface area contributed by atoms with E-state index in [2.05, 4.69) is 20.6 Å². The van der Waals surface area contributed by atoms with Crippen molar-refractivity contribution in [1.82, 2.24) is 20.6 Å². The SMILES string of the molecule is CCC(C)NC(=O)c1cccc(CNC(=O)CCc2c(C)nc(N3CCOCC3)[nH]c2=O)c1. The maximum Gasteiger partial charge on any atom is 0.255 e. The molecule has 3 N–H and O–H groups in total. The van der Waals surface area contributed by atoms with Crippen molar-refractivity contribution in [3.8, 4) is 0 Å². The van der Waals surface area contributed by atoms with Gasteiger partial charge in [0.15, 0.2) is 0 Å². The molecule has 1 atom stereocenters. The number of carbonyl (C=O) groups is 2. The number of rotatable bonds is 9. The monoisotopic (exact) mass is 455 g/mol. The molecule has 1 aliphatic rings. The molecule has 33 heavy (non-hydrogen) atoms. The van der Waals surface area contributed by atoms with Gasteiger partial charge in [0.05, 0.1) is 13.2 Å². The highest BCUT2D eigenvalue weighted by atomic mass is 16.5. The van der Waals surface area contributed by atoms with Crippen LogP contribution in [0.3, 0.4) is 0 Å². The van der Waals surface area contributed by atoms with E-state index < -0.39 is 0 Å². The molecule has 178 valence electrons. The number of aryl methyl sites for hydroxylation is 1. The first-order chi connectivity index (χ1) is 15.9. The van der Waals surface area contributed by atoms with Gasteiger partial charge in [-0.3, -0.25) is 19.4 Å². The Morgan fingerprint density at radius 2 is 2.03 bits per heavy atom. The quantitative estimate of drug-likeness (QED) is 0.530. The molecule has 0 aliphatic carbocycles. The van der Waals surface area contributed by atoms with Crippen LogP contribution in [0.25, 0.3) is 0 Å². The number of aromatic amines is 1. The molecule has 1 saturated heterocycles. The second-order valence-corrected chi connectivity index (χ2v) is 8.31. The fourth-order valence-electron chi connectivity index (χ4n) is 3.57. The first kappa shape index (κ1) is 24.4. The van der Waals surface area contributed by atoms with E-state index in [0.29, 0.717) is 62.0 Å². The summed E-state index contributed by atoms with van der Waals surface area (Å²) in [7, 11) is 0. The van der Waals surface area contributed by atoms with Gasteiger partial charge in [0.25, 0.3) is 11.5 Å². The molecule has 1 aliphatic heterocycles. The average Bonchev–Trinajstić information content (AvgIpc) is 2.82. The molecule has 1 aromatic carbocycles. The zero-order valence-corrected chi connectivity index (χ0v) is 19.6. The van der Waals surface area contributed by atoms with Gasteiger partial charge in [-0.25, -0.2) is 4.98 Å². The molecule has 0 saturated carbocycles. The molecule has 2 aromatic rings. The topological polar surface area (TPSA) is 116 Å². The van der Waals surface area contributed by atoms with Crippen molar-refractivity contribution >= 4 is 17.8 Å². The summed E-state index contributed by atoms with van der Waals surface area (Å²) in [4.78, 5) is 46.6. The minimum atomic E-state index is -0.211. The van der Waals surface area contributed by atoms with Gasteiger partial charge >= 0.3 is 0 Å². The van der Waals surface area contributed by atoms with Gasteiger partial charge in [0.1, 0.15) is 0 Å². The maximum atomic E-state index is 12.6. The summed E-state index contributed by atoms with van der Waals surface area (Å²) in [5.41, 5.74) is 2.34. The van der Waals surface area contributed by atoms with Crippen molar-refractivity contribution in [3.05, 3.63) is 57.0 Å². The number of aromatic nitrogens is 2. The molecule has 2 amide bonds. The van der Waals surface area contributed by atoms with Crippen LogP contribution < -0.4 is 21.1 Å². The van der Waals surface area contributed by atoms with E-state index in [1.54, 1.807) is 25.1 Å². The number of morpholine rings is 1. The van der Waals surface area contributed by atoms with Crippen molar-refractivity contribution in [3.63, 3.8) is 0 Å². The number of amides is 2. The number of nitrogens with zero attached hydrogens (tertiary/aromatic N) is 2. The Bertz CT molecular complexity index is 1030. The molecule has 1 unspecified atom stereocenters. The number of carbonyl (C=O) groups excluding carboxylic acids is 2. The van der Waals surface area contributed by atoms with Gasteiger partial charge in [0.2, 0.25) is 11.9 Å². The molecule has 9 nitrogen and oxygen atoms in total. The van der Waals surface area contributed by atoms with Crippen LogP contribution in [0.1, 0.15) is 53.9 Å². The van der Waals surface area contributed by atoms with Crippen LogP contribution in [0.4, 0.5) is 5.95 Å². The lowest BCUT2D eigenvalue weighted by Gasteiger charge is -2.27. The third kappa shape index (κ3) is 6.89. The summed E-state index contributed by atoms with van der Waals surface area (Å²) in [6, 6.07) is 7.30. The van der Waals surface area contributed by atoms with Gasteiger partial charge < -0.3 is 20.3 Å². The fourth-order valence-corrected chi connectivity index (χ4v) is 3.57. The van der Waals surface area contributed by atoms with E-state index in [4.69, 9.17) is 4.74 Å². The van der Waals surface area contributed by atoms with E-state index in [1.165, 1.54) is 0 Å². The second kappa shape index (κ2) is 11.6. The Balaban J connectivity index is 1.53. The van der Waals surface area contributed by atoms with Crippen molar-refractivity contribution in [2.24, 2.45) is 0 Å². The van der Waals surface area contributed by atoms with Crippen LogP contribution in [0.5, 0.6) is 0 Å². The maximum absolute atomic E-state index is 12.6. The standard InChI is InChI=1S/C24H33N5O4/c1-4-16(2)26-22(31)19-7-5-6-18(14-19)15-25-21(30)9-8-20-17(3)27-24(28-23(20)32)29-10-12-33-13-11-29/h5-7,14,16H,4,8-13,15H2,1-3H3,(H,25,30)(H,26,31)(H,27,28,32). The lowest BCUT2D eigenvalue weighted by atomic mass is 10.1. The summed E-state index contributed by atoms with van der Waals surface area (Å²) in [5, 5.41) is 5.80. The van der Waals surface area contributed by atoms with E-state index in [9.17, 15) is 14.4 Å². The lowest BCUT2D eigenvalue weighted by Crippen LogP contribution is -2.38. The van der Waals surface area contributed by atoms with Crippen LogP contribution in [-0.4, -0.2) is 54.1 Å². The van der Waals surface area contributed by atoms with E-state index in [-0.39, 0.29) is 29.8 Å². The lowest BCUT2D eigenvalue weighted by molar-refractivity contribution is -0.121. The zero-order valence-electron chi connectivity index (χ0n) is 19.6. The van der Waals surface area contributed by atoms with Gasteiger partial charge in [0, 0.05) is 48.9 Å². The number of benzene rings is 1. The van der Waals surface area contributed by atoms with Crippen molar-refractivity contribution in [2.75, 3.05) is 31.2 Å². The van der Waals surface area contributed by atoms with Crippen molar-refractivity contribution in [1.29, 1.82) is 0 Å². The van der Waals surface area contributed by atoms with Crippen molar-refractivity contribution < 1.29 is 14.3 Å². The first-order valence-corrected chi connectivity index (χ1v) is 11.5. The Hall–Kier alpha value is -3.20. The van der Waals surface area contributed by atoms with Gasteiger partial charge in [-0.05, 0) is 44.4 Å². The summed E-state index contributed by atoms with van der Waals surface area (Å²) in [6.45, 7) is 8.66. The number of nitrogens with one attached hydrogen (secondary N) is 3. The Labute approximate surface area is 193 Å². The molecule has 9 heteroatoms. The molecule has 1 aromatic heterocycles. The highest BCUT2D eigenvalue weighted by molar-refractivity contribution is 5.94. The molecular formula is C24H33N5O4. The first-order valence-electron chi connectivity index (χ1n) is 11.5. The van der Waals surface area contributed by atoms with E-state index in [0.717, 1.165) is 12.0 Å². The summed E-state index contributed by atoms with van der Waals surface area (Å²) in [6.07, 6.45) is 1.34. The smallest absolute Gasteiger partial charge is 0.255 e. The Morgan fingerprint density at radius 3 is 2.73 bits per heavy atom. The molecular weight excluding hydrogens is 422 g/mol. The van der Waals surface area contributed by atoms with Gasteiger partial charge in [-0.1, -0.05) is 19.1 Å². The third-order valence-corrected chi connectivity index (χ3v) is 5.79. The van der Waals surface area contributed by atoms with Gasteiger partial charge in [-0.2, -0.15) is 0 Å². The van der Waals surface area contributed by atoms with E-state index >= 15 is 0 Å². The average molecular weight is 456 g/mol. The second-order valence-electron chi connectivity index (χ2n) is 8.31. The highest BCUT2D eigenvalue weighted by Crippen LogP contribution is 2.11. The minimum absolute atomic E-state index is 0.102. The summed E-state index contributed by atoms with van der Waals surface area (Å²) in [5.74, 6) is 0.256. The highest BCUT2D eigenvalue weighted by Gasteiger charge is 2.17. The van der Waals surface area contributed by atoms with Crippen LogP contribution in [0, 0.1) is 6.92 Å². The Kier molecular flexibility index (Phi) is 8.59. The fraction of sp³-hybridized carbons (Fsp3) is 0.500. The number of hydrogen-bond donors (Lipinski definition) is 3. The molecule has 0 radical (unpaired) electrons. The van der Waals surface area contributed by atoms with Crippen LogP contribution in [0.15, 0.2) is 29.1 Å². The van der Waals surface area contributed by atoms with Crippen LogP contribution >= 0.6 is 0 Å². The number of ether oxygens (including phenoxy) is 1. The number of anilines is 1. The van der Waals surface area contributed by atoms with Crippen molar-refractivity contribution in [2.45, 2.75) is 52.6 Å². The molecule has 3 rings (SSSR count). The number of H-pyrrole nitrogens is 1. The summed E-state index contributed by atoms with van der Waals surface area (Å²) < 4.78 is 5.34. The molecule has 0 bridgehead atoms. The largest absolute Gasteiger partial charge is 0.378 e. The summed E-state index contributed by atoms with van der Waals surface area (Å²) >= 11 is 0. The molecule has 0 spiro atoms. The minimum Gasteiger partial charge on any atom is -0.378 e. The predicted octanol–water partition coefficient (Wildman–Crippen LogP) is 1.69. The normalized spacial score (nSPS) is 14.6. The van der Waals surface area contributed by atoms with E-state index in [1.807, 2.05) is 24.8 Å². The Morgan fingerprint density at radius 1 is 1.27 bits per heavy atom. The third-order valence-electron chi connectivity index (χ3n) is 5.79. The molecule has 2 heterocycles.